The number of anilines is 1. The van der Waals surface area contributed by atoms with Gasteiger partial charge in [-0.2, -0.15) is 0 Å². The van der Waals surface area contributed by atoms with E-state index in [9.17, 15) is 21.4 Å². The van der Waals surface area contributed by atoms with Crippen molar-refractivity contribution in [2.75, 3.05) is 11.0 Å². The van der Waals surface area contributed by atoms with E-state index in [0.29, 0.717) is 0 Å². The molecule has 0 amide bonds. The van der Waals surface area contributed by atoms with Crippen LogP contribution in [0, 0.1) is 0 Å². The Morgan fingerprint density at radius 1 is 1.24 bits per heavy atom. The van der Waals surface area contributed by atoms with E-state index in [4.69, 9.17) is 11.6 Å². The Balaban J connectivity index is 0.00000256. The van der Waals surface area contributed by atoms with Gasteiger partial charge < -0.3 is 4.55 Å². The van der Waals surface area contributed by atoms with Gasteiger partial charge in [0.15, 0.2) is 0 Å². The van der Waals surface area contributed by atoms with E-state index in [0.717, 1.165) is 18.4 Å². The molecule has 0 fully saturated rings. The molecule has 10 heteroatoms. The molecule has 0 saturated heterocycles. The van der Waals surface area contributed by atoms with E-state index < -0.39 is 25.0 Å². The van der Waals surface area contributed by atoms with Crippen LogP contribution in [-0.2, 0) is 20.1 Å². The zero-order valence-corrected chi connectivity index (χ0v) is 13.4. The third-order valence-corrected chi connectivity index (χ3v) is 3.43. The fourth-order valence-electron chi connectivity index (χ4n) is 0.973. The van der Waals surface area contributed by atoms with Gasteiger partial charge in [-0.25, -0.2) is 16.8 Å². The molecule has 6 nitrogen and oxygen atoms in total. The summed E-state index contributed by atoms with van der Waals surface area (Å²) in [6.45, 7) is 0. The first-order valence-electron chi connectivity index (χ1n) is 3.83. The molecular formula is C7H7ClNNaO5S2. The van der Waals surface area contributed by atoms with Crippen LogP contribution in [0.1, 0.15) is 0 Å². The molecule has 0 unspecified atom stereocenters. The molecule has 0 aliphatic carbocycles. The topological polar surface area (TPSA) is 103 Å². The Kier molecular flexibility index (Phi) is 5.93. The Morgan fingerprint density at radius 3 is 2.18 bits per heavy atom. The third-order valence-electron chi connectivity index (χ3n) is 1.50. The summed E-state index contributed by atoms with van der Waals surface area (Å²) in [6, 6.07) is 3.24. The van der Waals surface area contributed by atoms with E-state index >= 15 is 0 Å². The van der Waals surface area contributed by atoms with Crippen molar-refractivity contribution < 1.29 is 50.9 Å². The average molecular weight is 308 g/mol. The molecule has 0 spiro atoms. The monoisotopic (exact) mass is 307 g/mol. The summed E-state index contributed by atoms with van der Waals surface area (Å²) in [4.78, 5) is -0.664. The average Bonchev–Trinajstić information content (AvgIpc) is 2.04. The number of hydrogen-bond acceptors (Lipinski definition) is 5. The summed E-state index contributed by atoms with van der Waals surface area (Å²) in [6.07, 6.45) is 0.896. The van der Waals surface area contributed by atoms with Gasteiger partial charge in [-0.05, 0) is 18.2 Å². The molecule has 90 valence electrons. The fraction of sp³-hybridized carbons (Fsp3) is 0.143. The van der Waals surface area contributed by atoms with Crippen LogP contribution in [0.4, 0.5) is 5.69 Å². The van der Waals surface area contributed by atoms with Gasteiger partial charge in [0, 0.05) is 5.69 Å². The van der Waals surface area contributed by atoms with Crippen LogP contribution in [0.3, 0.4) is 0 Å². The second-order valence-electron chi connectivity index (χ2n) is 2.97. The van der Waals surface area contributed by atoms with Crippen molar-refractivity contribution in [3.05, 3.63) is 23.2 Å². The Morgan fingerprint density at radius 2 is 1.76 bits per heavy atom. The minimum absolute atomic E-state index is 0. The Hall–Kier alpha value is 0.170. The zero-order chi connectivity index (χ0) is 12.6. The van der Waals surface area contributed by atoms with Crippen LogP contribution in [0.25, 0.3) is 0 Å². The molecular weight excluding hydrogens is 301 g/mol. The SMILES string of the molecule is CS(=O)(=O)Nc1ccc(Cl)c(S(=O)(=O)[O-])c1.[Na+]. The van der Waals surface area contributed by atoms with Crippen molar-refractivity contribution in [2.24, 2.45) is 0 Å². The number of sulfonamides is 1. The largest absolute Gasteiger partial charge is 1.00 e. The summed E-state index contributed by atoms with van der Waals surface area (Å²) >= 11 is 5.50. The van der Waals surface area contributed by atoms with Crippen LogP contribution in [0.15, 0.2) is 23.1 Å². The van der Waals surface area contributed by atoms with Crippen LogP contribution in [-0.4, -0.2) is 27.6 Å². The van der Waals surface area contributed by atoms with Gasteiger partial charge in [-0.15, -0.1) is 0 Å². The van der Waals surface area contributed by atoms with Gasteiger partial charge in [0.25, 0.3) is 0 Å². The van der Waals surface area contributed by atoms with E-state index in [-0.39, 0.29) is 40.3 Å². The van der Waals surface area contributed by atoms with Crippen molar-refractivity contribution in [3.8, 4) is 0 Å². The standard InChI is InChI=1S/C7H8ClNO5S2.Na/c1-15(10,11)9-5-2-3-6(8)7(4-5)16(12,13)14;/h2-4,9H,1H3,(H,12,13,14);/q;+1/p-1. The van der Waals surface area contributed by atoms with Crippen LogP contribution in [0.5, 0.6) is 0 Å². The molecule has 0 heterocycles. The van der Waals surface area contributed by atoms with Crippen molar-refractivity contribution >= 4 is 37.4 Å². The van der Waals surface area contributed by atoms with Crippen LogP contribution >= 0.6 is 11.6 Å². The molecule has 0 atom stereocenters. The molecule has 0 saturated carbocycles. The smallest absolute Gasteiger partial charge is 0.744 e. The third kappa shape index (κ3) is 5.56. The second kappa shape index (κ2) is 5.87. The van der Waals surface area contributed by atoms with Gasteiger partial charge >= 0.3 is 29.6 Å². The van der Waals surface area contributed by atoms with Gasteiger partial charge in [-0.3, -0.25) is 4.72 Å². The zero-order valence-electron chi connectivity index (χ0n) is 8.97. The minimum atomic E-state index is -4.73. The molecule has 0 aliphatic heterocycles. The van der Waals surface area contributed by atoms with Crippen LogP contribution < -0.4 is 34.3 Å². The van der Waals surface area contributed by atoms with Crippen molar-refractivity contribution in [1.29, 1.82) is 0 Å². The minimum Gasteiger partial charge on any atom is -0.744 e. The number of benzene rings is 1. The molecule has 0 bridgehead atoms. The van der Waals surface area contributed by atoms with Crippen molar-refractivity contribution in [2.45, 2.75) is 4.90 Å². The van der Waals surface area contributed by atoms with Gasteiger partial charge in [0.05, 0.1) is 16.2 Å². The fourth-order valence-corrected chi connectivity index (χ4v) is 2.51. The molecule has 17 heavy (non-hydrogen) atoms. The summed E-state index contributed by atoms with van der Waals surface area (Å²) in [5, 5.41) is -0.256. The van der Waals surface area contributed by atoms with E-state index in [2.05, 4.69) is 0 Å². The molecule has 0 aromatic heterocycles. The van der Waals surface area contributed by atoms with Gasteiger partial charge in [0.2, 0.25) is 10.0 Å². The second-order valence-corrected chi connectivity index (χ2v) is 6.48. The molecule has 1 rings (SSSR count). The van der Waals surface area contributed by atoms with E-state index in [1.54, 1.807) is 0 Å². The molecule has 1 aromatic rings. The molecule has 0 aliphatic rings. The first kappa shape index (κ1) is 17.2. The quantitative estimate of drug-likeness (QED) is 0.496. The predicted octanol–water partition coefficient (Wildman–Crippen LogP) is -2.38. The summed E-state index contributed by atoms with van der Waals surface area (Å²) in [7, 11) is -8.27. The maximum absolute atomic E-state index is 10.9. The number of hydrogen-bond donors (Lipinski definition) is 1. The summed E-state index contributed by atoms with van der Waals surface area (Å²) in [5.41, 5.74) is -0.0404. The normalized spacial score (nSPS) is 11.7. The maximum atomic E-state index is 10.9. The van der Waals surface area contributed by atoms with Gasteiger partial charge in [0.1, 0.15) is 10.1 Å². The van der Waals surface area contributed by atoms with Crippen LogP contribution in [0.2, 0.25) is 5.02 Å². The van der Waals surface area contributed by atoms with Crippen molar-refractivity contribution in [3.63, 3.8) is 0 Å². The first-order valence-corrected chi connectivity index (χ1v) is 7.50. The van der Waals surface area contributed by atoms with E-state index in [1.807, 2.05) is 4.72 Å². The predicted molar refractivity (Wildman–Crippen MR) is 57.9 cm³/mol. The van der Waals surface area contributed by atoms with E-state index in [1.165, 1.54) is 6.07 Å². The molecule has 1 N–H and O–H groups in total. The number of rotatable bonds is 3. The Bertz CT molecular complexity index is 613. The summed E-state index contributed by atoms with van der Waals surface area (Å²) < 4.78 is 56.0. The maximum Gasteiger partial charge on any atom is 1.00 e. The number of halogens is 1. The summed E-state index contributed by atoms with van der Waals surface area (Å²) in [5.74, 6) is 0. The van der Waals surface area contributed by atoms with Gasteiger partial charge in [-0.1, -0.05) is 11.6 Å². The number of nitrogens with one attached hydrogen (secondary N) is 1. The first-order chi connectivity index (χ1) is 7.09. The molecule has 1 aromatic carbocycles. The Labute approximate surface area is 126 Å². The molecule has 0 radical (unpaired) electrons. The van der Waals surface area contributed by atoms with Crippen molar-refractivity contribution in [1.82, 2.24) is 0 Å².